The number of carbonyl (C=O) groups is 2. The second kappa shape index (κ2) is 13.1. The van der Waals surface area contributed by atoms with E-state index in [2.05, 4.69) is 26.6 Å². The average Bonchev–Trinajstić information content (AvgIpc) is 2.89. The molecular formula is C28H26BrN3O4. The quantitative estimate of drug-likeness (QED) is 0.252. The van der Waals surface area contributed by atoms with Crippen LogP contribution in [0.25, 0.3) is 6.08 Å². The standard InChI is InChI=1S/C28H26BrN3O4/c1-3-35-25-15-21(14-22(17-30)28(34)31-19(2)20-10-6-4-7-11-20)24(29)16-26(25)36-18-27(33)32-23-12-8-5-9-13-23/h4-16,19H,3,18H2,1-2H3,(H,31,34)(H,32,33)/b22-14-/t19-/m0/s1. The van der Waals surface area contributed by atoms with Gasteiger partial charge in [0.25, 0.3) is 11.8 Å². The molecule has 2 amide bonds. The van der Waals surface area contributed by atoms with E-state index in [1.54, 1.807) is 24.3 Å². The molecule has 0 aliphatic heterocycles. The van der Waals surface area contributed by atoms with Crippen molar-refractivity contribution in [1.29, 1.82) is 5.26 Å². The number of carbonyl (C=O) groups excluding carboxylic acids is 2. The number of benzene rings is 3. The molecule has 1 atom stereocenters. The third-order valence-corrected chi connectivity index (χ3v) is 5.78. The van der Waals surface area contributed by atoms with Crippen LogP contribution in [0.3, 0.4) is 0 Å². The van der Waals surface area contributed by atoms with Gasteiger partial charge in [0.2, 0.25) is 0 Å². The number of amides is 2. The summed E-state index contributed by atoms with van der Waals surface area (Å²) in [6, 6.07) is 23.6. The monoisotopic (exact) mass is 547 g/mol. The summed E-state index contributed by atoms with van der Waals surface area (Å²) in [5.74, 6) is -0.0732. The molecule has 0 spiro atoms. The molecule has 0 fully saturated rings. The number of hydrogen-bond donors (Lipinski definition) is 2. The minimum Gasteiger partial charge on any atom is -0.490 e. The van der Waals surface area contributed by atoms with Crippen LogP contribution in [0.1, 0.15) is 31.0 Å². The Morgan fingerprint density at radius 1 is 1.03 bits per heavy atom. The van der Waals surface area contributed by atoms with Gasteiger partial charge in [-0.3, -0.25) is 9.59 Å². The van der Waals surface area contributed by atoms with Crippen LogP contribution in [0.15, 0.2) is 82.8 Å². The van der Waals surface area contributed by atoms with Gasteiger partial charge in [-0.15, -0.1) is 0 Å². The van der Waals surface area contributed by atoms with Gasteiger partial charge in [0.05, 0.1) is 12.6 Å². The second-order valence-corrected chi connectivity index (χ2v) is 8.59. The van der Waals surface area contributed by atoms with Gasteiger partial charge in [-0.1, -0.05) is 64.5 Å². The van der Waals surface area contributed by atoms with E-state index in [-0.39, 0.29) is 24.1 Å². The van der Waals surface area contributed by atoms with Crippen molar-refractivity contribution in [3.8, 4) is 17.6 Å². The fourth-order valence-electron chi connectivity index (χ4n) is 3.31. The Bertz CT molecular complexity index is 1270. The van der Waals surface area contributed by atoms with Crippen molar-refractivity contribution >= 4 is 39.5 Å². The van der Waals surface area contributed by atoms with Gasteiger partial charge in [-0.05, 0) is 55.3 Å². The van der Waals surface area contributed by atoms with Gasteiger partial charge in [0, 0.05) is 10.2 Å². The number of nitrogens with zero attached hydrogens (tertiary/aromatic N) is 1. The van der Waals surface area contributed by atoms with Crippen LogP contribution in [0.4, 0.5) is 5.69 Å². The molecule has 3 aromatic carbocycles. The number of nitrogens with one attached hydrogen (secondary N) is 2. The summed E-state index contributed by atoms with van der Waals surface area (Å²) in [5, 5.41) is 15.2. The highest BCUT2D eigenvalue weighted by molar-refractivity contribution is 9.10. The first kappa shape index (κ1) is 26.5. The number of nitriles is 1. The van der Waals surface area contributed by atoms with Crippen molar-refractivity contribution in [3.63, 3.8) is 0 Å². The van der Waals surface area contributed by atoms with E-state index in [1.165, 1.54) is 6.08 Å². The summed E-state index contributed by atoms with van der Waals surface area (Å²) in [6.07, 6.45) is 1.48. The zero-order valence-corrected chi connectivity index (χ0v) is 21.5. The van der Waals surface area contributed by atoms with Gasteiger partial charge in [-0.25, -0.2) is 0 Å². The maximum absolute atomic E-state index is 12.8. The predicted octanol–water partition coefficient (Wildman–Crippen LogP) is 5.65. The summed E-state index contributed by atoms with van der Waals surface area (Å²) < 4.78 is 12.0. The van der Waals surface area contributed by atoms with E-state index in [9.17, 15) is 14.9 Å². The lowest BCUT2D eigenvalue weighted by Crippen LogP contribution is -2.27. The molecular weight excluding hydrogens is 522 g/mol. The Balaban J connectivity index is 1.75. The third kappa shape index (κ3) is 7.45. The summed E-state index contributed by atoms with van der Waals surface area (Å²) >= 11 is 3.47. The Morgan fingerprint density at radius 3 is 2.31 bits per heavy atom. The first-order valence-electron chi connectivity index (χ1n) is 11.3. The minimum absolute atomic E-state index is 0.0585. The van der Waals surface area contributed by atoms with Crippen molar-refractivity contribution in [3.05, 3.63) is 94.0 Å². The van der Waals surface area contributed by atoms with Crippen molar-refractivity contribution in [2.45, 2.75) is 19.9 Å². The topological polar surface area (TPSA) is 100 Å². The molecule has 0 saturated carbocycles. The average molecular weight is 548 g/mol. The molecule has 0 aliphatic rings. The summed E-state index contributed by atoms with van der Waals surface area (Å²) in [5.41, 5.74) is 2.10. The number of hydrogen-bond acceptors (Lipinski definition) is 5. The Hall–Kier alpha value is -4.09. The maximum atomic E-state index is 12.8. The van der Waals surface area contributed by atoms with Crippen LogP contribution < -0.4 is 20.1 Å². The van der Waals surface area contributed by atoms with Crippen LogP contribution >= 0.6 is 15.9 Å². The molecule has 0 saturated heterocycles. The molecule has 8 heteroatoms. The van der Waals surface area contributed by atoms with E-state index in [0.717, 1.165) is 5.56 Å². The fourth-order valence-corrected chi connectivity index (χ4v) is 3.74. The Morgan fingerprint density at radius 2 is 1.67 bits per heavy atom. The summed E-state index contributed by atoms with van der Waals surface area (Å²) in [4.78, 5) is 25.0. The van der Waals surface area contributed by atoms with Gasteiger partial charge < -0.3 is 20.1 Å². The Kier molecular flexibility index (Phi) is 9.66. The number of rotatable bonds is 10. The van der Waals surface area contributed by atoms with Crippen LogP contribution in [-0.4, -0.2) is 25.0 Å². The van der Waals surface area contributed by atoms with E-state index >= 15 is 0 Å². The predicted molar refractivity (Wildman–Crippen MR) is 142 cm³/mol. The highest BCUT2D eigenvalue weighted by Crippen LogP contribution is 2.35. The maximum Gasteiger partial charge on any atom is 0.262 e. The molecule has 0 heterocycles. The van der Waals surface area contributed by atoms with E-state index in [4.69, 9.17) is 9.47 Å². The van der Waals surface area contributed by atoms with Crippen LogP contribution in [0.5, 0.6) is 11.5 Å². The molecule has 0 bridgehead atoms. The van der Waals surface area contributed by atoms with Crippen molar-refractivity contribution in [2.24, 2.45) is 0 Å². The lowest BCUT2D eigenvalue weighted by Gasteiger charge is -2.15. The number of halogens is 1. The smallest absolute Gasteiger partial charge is 0.262 e. The molecule has 0 unspecified atom stereocenters. The molecule has 2 N–H and O–H groups in total. The normalized spacial score (nSPS) is 11.7. The highest BCUT2D eigenvalue weighted by atomic mass is 79.9. The second-order valence-electron chi connectivity index (χ2n) is 7.73. The fraction of sp³-hybridized carbons (Fsp3) is 0.179. The molecule has 3 rings (SSSR count). The van der Waals surface area contributed by atoms with E-state index in [1.807, 2.05) is 68.4 Å². The molecule has 0 aliphatic carbocycles. The lowest BCUT2D eigenvalue weighted by molar-refractivity contribution is -0.118. The largest absolute Gasteiger partial charge is 0.490 e. The first-order chi connectivity index (χ1) is 17.4. The molecule has 184 valence electrons. The molecule has 0 radical (unpaired) electrons. The van der Waals surface area contributed by atoms with Crippen molar-refractivity contribution in [2.75, 3.05) is 18.5 Å². The van der Waals surface area contributed by atoms with Crippen molar-refractivity contribution in [1.82, 2.24) is 5.32 Å². The van der Waals surface area contributed by atoms with E-state index < -0.39 is 5.91 Å². The molecule has 36 heavy (non-hydrogen) atoms. The van der Waals surface area contributed by atoms with Gasteiger partial charge in [0.15, 0.2) is 18.1 Å². The third-order valence-electron chi connectivity index (χ3n) is 5.09. The lowest BCUT2D eigenvalue weighted by atomic mass is 10.1. The highest BCUT2D eigenvalue weighted by Gasteiger charge is 2.17. The van der Waals surface area contributed by atoms with Crippen LogP contribution in [0, 0.1) is 11.3 Å². The number of ether oxygens (including phenoxy) is 2. The summed E-state index contributed by atoms with van der Waals surface area (Å²) in [7, 11) is 0. The van der Waals surface area contributed by atoms with Gasteiger partial charge >= 0.3 is 0 Å². The zero-order valence-electron chi connectivity index (χ0n) is 20.0. The molecule has 7 nitrogen and oxygen atoms in total. The summed E-state index contributed by atoms with van der Waals surface area (Å²) in [6.45, 7) is 3.81. The van der Waals surface area contributed by atoms with E-state index in [0.29, 0.717) is 33.8 Å². The van der Waals surface area contributed by atoms with Crippen LogP contribution in [0.2, 0.25) is 0 Å². The Labute approximate surface area is 218 Å². The van der Waals surface area contributed by atoms with Crippen LogP contribution in [-0.2, 0) is 9.59 Å². The number of anilines is 1. The molecule has 0 aromatic heterocycles. The molecule has 3 aromatic rings. The SMILES string of the molecule is CCOc1cc(/C=C(/C#N)C(=O)N[C@@H](C)c2ccccc2)c(Br)cc1OCC(=O)Nc1ccccc1. The van der Waals surface area contributed by atoms with Gasteiger partial charge in [0.1, 0.15) is 11.6 Å². The van der Waals surface area contributed by atoms with Crippen molar-refractivity contribution < 1.29 is 19.1 Å². The van der Waals surface area contributed by atoms with Gasteiger partial charge in [-0.2, -0.15) is 5.26 Å². The first-order valence-corrected chi connectivity index (χ1v) is 12.1. The number of para-hydroxylation sites is 1. The minimum atomic E-state index is -0.489. The zero-order chi connectivity index (χ0) is 25.9.